The van der Waals surface area contributed by atoms with Gasteiger partial charge < -0.3 is 13.7 Å². The SMILES string of the molecule is C=C/C=C\C(=C)C(=C)c1oc2cc(-c3ccccc3)ccc2c1C(=C)N(c1ccc(C=C)c(-c2ccccc2)c1)c1ccc2c(c1)oc1cc(-c3ccccc3)ccc12. The minimum absolute atomic E-state index is 0.586. The maximum absolute atomic E-state index is 6.82. The van der Waals surface area contributed by atoms with E-state index in [9.17, 15) is 0 Å². The van der Waals surface area contributed by atoms with Crippen molar-refractivity contribution < 1.29 is 8.83 Å². The number of rotatable bonds is 12. The molecule has 3 nitrogen and oxygen atoms in total. The lowest BCUT2D eigenvalue weighted by Crippen LogP contribution is -2.15. The lowest BCUT2D eigenvalue weighted by Gasteiger charge is -2.28. The standard InChI is InChI=1S/C56H41NO2/c1-6-8-18-37(3)38(4)56-55(50-31-27-45(34-53(50)59-56)42-21-14-10-15-22-42)39(5)57(46-28-25-40(7-2)51(35-46)43-23-16-11-17-24-43)47-29-32-49-48-30-26-44(41-19-12-9-13-20-41)33-52(48)58-54(49)36-47/h6-36H,1-5H2/b18-8-. The lowest BCUT2D eigenvalue weighted by molar-refractivity contribution is 0.599. The van der Waals surface area contributed by atoms with Crippen LogP contribution in [0.2, 0.25) is 0 Å². The Balaban J connectivity index is 1.26. The molecule has 0 aliphatic rings. The van der Waals surface area contributed by atoms with Crippen molar-refractivity contribution in [3.63, 3.8) is 0 Å². The van der Waals surface area contributed by atoms with Crippen molar-refractivity contribution in [1.82, 2.24) is 0 Å². The Morgan fingerprint density at radius 2 is 1.02 bits per heavy atom. The van der Waals surface area contributed by atoms with Crippen LogP contribution in [-0.2, 0) is 0 Å². The molecule has 0 unspecified atom stereocenters. The van der Waals surface area contributed by atoms with Gasteiger partial charge in [0.1, 0.15) is 22.5 Å². The molecular formula is C56H41NO2. The van der Waals surface area contributed by atoms with Crippen LogP contribution < -0.4 is 4.90 Å². The highest BCUT2D eigenvalue weighted by molar-refractivity contribution is 6.09. The molecule has 0 saturated heterocycles. The summed E-state index contributed by atoms with van der Waals surface area (Å²) in [7, 11) is 0. The van der Waals surface area contributed by atoms with Crippen molar-refractivity contribution >= 4 is 61.6 Å². The number of allylic oxidation sites excluding steroid dienone is 5. The Bertz CT molecular complexity index is 3120. The smallest absolute Gasteiger partial charge is 0.144 e. The molecule has 9 rings (SSSR count). The van der Waals surface area contributed by atoms with Gasteiger partial charge in [-0.05, 0) is 93.0 Å². The van der Waals surface area contributed by atoms with Crippen molar-refractivity contribution in [2.45, 2.75) is 0 Å². The van der Waals surface area contributed by atoms with Gasteiger partial charge in [0.2, 0.25) is 0 Å². The summed E-state index contributed by atoms with van der Waals surface area (Å²) in [5.74, 6) is 0.586. The molecule has 59 heavy (non-hydrogen) atoms. The first-order chi connectivity index (χ1) is 28.9. The van der Waals surface area contributed by atoms with E-state index in [-0.39, 0.29) is 0 Å². The second kappa shape index (κ2) is 15.6. The number of hydrogen-bond donors (Lipinski definition) is 0. The highest BCUT2D eigenvalue weighted by Crippen LogP contribution is 2.45. The molecule has 9 aromatic rings. The zero-order valence-corrected chi connectivity index (χ0v) is 32.7. The molecule has 0 fully saturated rings. The van der Waals surface area contributed by atoms with Gasteiger partial charge >= 0.3 is 0 Å². The largest absolute Gasteiger partial charge is 0.456 e. The van der Waals surface area contributed by atoms with Crippen molar-refractivity contribution in [2.24, 2.45) is 0 Å². The summed E-state index contributed by atoms with van der Waals surface area (Å²) in [6, 6.07) is 56.6. The Morgan fingerprint density at radius 1 is 0.492 bits per heavy atom. The van der Waals surface area contributed by atoms with Gasteiger partial charge in [-0.15, -0.1) is 0 Å². The molecule has 0 amide bonds. The first-order valence-electron chi connectivity index (χ1n) is 19.5. The number of fused-ring (bicyclic) bond motifs is 4. The van der Waals surface area contributed by atoms with E-state index in [1.54, 1.807) is 6.08 Å². The van der Waals surface area contributed by atoms with E-state index in [1.807, 2.05) is 48.6 Å². The van der Waals surface area contributed by atoms with Crippen LogP contribution in [0.15, 0.2) is 229 Å². The van der Waals surface area contributed by atoms with E-state index in [0.29, 0.717) is 28.2 Å². The second-order valence-corrected chi connectivity index (χ2v) is 14.5. The van der Waals surface area contributed by atoms with Crippen LogP contribution in [0.3, 0.4) is 0 Å². The molecule has 3 heteroatoms. The number of benzene rings is 7. The van der Waals surface area contributed by atoms with Gasteiger partial charge in [-0.1, -0.05) is 166 Å². The van der Waals surface area contributed by atoms with Gasteiger partial charge in [0.25, 0.3) is 0 Å². The normalized spacial score (nSPS) is 11.3. The predicted octanol–water partition coefficient (Wildman–Crippen LogP) is 16.1. The van der Waals surface area contributed by atoms with Crippen molar-refractivity contribution in [1.29, 1.82) is 0 Å². The zero-order valence-electron chi connectivity index (χ0n) is 32.7. The van der Waals surface area contributed by atoms with E-state index in [2.05, 4.69) is 165 Å². The molecule has 282 valence electrons. The van der Waals surface area contributed by atoms with E-state index >= 15 is 0 Å². The molecule has 0 saturated carbocycles. The molecule has 0 aliphatic carbocycles. The van der Waals surface area contributed by atoms with Gasteiger partial charge in [-0.2, -0.15) is 0 Å². The number of nitrogens with zero attached hydrogens (tertiary/aromatic N) is 1. The summed E-state index contributed by atoms with van der Waals surface area (Å²) in [6.45, 7) is 21.7. The molecule has 2 aromatic heterocycles. The maximum Gasteiger partial charge on any atom is 0.144 e. The Labute approximate surface area is 344 Å². The Morgan fingerprint density at radius 3 is 1.63 bits per heavy atom. The van der Waals surface area contributed by atoms with E-state index in [4.69, 9.17) is 15.4 Å². The summed E-state index contributed by atoms with van der Waals surface area (Å²) in [6.07, 6.45) is 7.36. The summed E-state index contributed by atoms with van der Waals surface area (Å²) in [5, 5.41) is 2.99. The molecule has 0 N–H and O–H groups in total. The minimum atomic E-state index is 0.586. The van der Waals surface area contributed by atoms with Crippen molar-refractivity contribution in [3.8, 4) is 33.4 Å². The van der Waals surface area contributed by atoms with Gasteiger partial charge in [-0.25, -0.2) is 0 Å². The Hall–Kier alpha value is -7.88. The quantitative estimate of drug-likeness (QED) is 0.116. The molecule has 0 aliphatic heterocycles. The fourth-order valence-electron chi connectivity index (χ4n) is 7.85. The third kappa shape index (κ3) is 6.85. The fraction of sp³-hybridized carbons (Fsp3) is 0. The predicted molar refractivity (Wildman–Crippen MR) is 251 cm³/mol. The maximum atomic E-state index is 6.82. The minimum Gasteiger partial charge on any atom is -0.456 e. The highest BCUT2D eigenvalue weighted by Gasteiger charge is 2.27. The summed E-state index contributed by atoms with van der Waals surface area (Å²) in [4.78, 5) is 2.18. The average Bonchev–Trinajstić information content (AvgIpc) is 3.86. The first-order valence-corrected chi connectivity index (χ1v) is 19.5. The molecule has 0 atom stereocenters. The zero-order chi connectivity index (χ0) is 40.5. The summed E-state index contributed by atoms with van der Waals surface area (Å²) >= 11 is 0. The molecule has 2 heterocycles. The third-order valence-electron chi connectivity index (χ3n) is 10.9. The highest BCUT2D eigenvalue weighted by atomic mass is 16.3. The topological polar surface area (TPSA) is 29.5 Å². The Kier molecular flexibility index (Phi) is 9.70. The van der Waals surface area contributed by atoms with E-state index in [0.717, 1.165) is 83.2 Å². The van der Waals surface area contributed by atoms with Crippen LogP contribution in [0.25, 0.3) is 83.6 Å². The second-order valence-electron chi connectivity index (χ2n) is 14.5. The summed E-state index contributed by atoms with van der Waals surface area (Å²) < 4.78 is 13.5. The molecular weight excluding hydrogens is 719 g/mol. The van der Waals surface area contributed by atoms with Crippen LogP contribution in [0.5, 0.6) is 0 Å². The fourth-order valence-corrected chi connectivity index (χ4v) is 7.85. The van der Waals surface area contributed by atoms with E-state index < -0.39 is 0 Å². The number of furan rings is 2. The first kappa shape index (κ1) is 36.7. The number of anilines is 2. The van der Waals surface area contributed by atoms with Gasteiger partial charge in [0.05, 0.1) is 11.3 Å². The van der Waals surface area contributed by atoms with Crippen LogP contribution in [-0.4, -0.2) is 0 Å². The lowest BCUT2D eigenvalue weighted by atomic mass is 9.96. The molecule has 7 aromatic carbocycles. The third-order valence-corrected chi connectivity index (χ3v) is 10.9. The van der Waals surface area contributed by atoms with Gasteiger partial charge in [0, 0.05) is 39.2 Å². The monoisotopic (exact) mass is 759 g/mol. The van der Waals surface area contributed by atoms with Crippen LogP contribution in [0, 0.1) is 0 Å². The molecule has 0 radical (unpaired) electrons. The molecule has 0 spiro atoms. The van der Waals surface area contributed by atoms with Crippen LogP contribution in [0.4, 0.5) is 11.4 Å². The number of hydrogen-bond acceptors (Lipinski definition) is 3. The van der Waals surface area contributed by atoms with Crippen molar-refractivity contribution in [2.75, 3.05) is 4.90 Å². The summed E-state index contributed by atoms with van der Waals surface area (Å²) in [5.41, 5.74) is 14.5. The van der Waals surface area contributed by atoms with Gasteiger partial charge in [0.15, 0.2) is 0 Å². The van der Waals surface area contributed by atoms with E-state index in [1.165, 1.54) is 0 Å². The van der Waals surface area contributed by atoms with Crippen LogP contribution >= 0.6 is 0 Å². The van der Waals surface area contributed by atoms with Gasteiger partial charge in [-0.3, -0.25) is 0 Å². The molecule has 0 bridgehead atoms. The average molecular weight is 760 g/mol. The van der Waals surface area contributed by atoms with Crippen LogP contribution in [0.1, 0.15) is 16.9 Å². The van der Waals surface area contributed by atoms with Crippen molar-refractivity contribution in [3.05, 3.63) is 237 Å².